The summed E-state index contributed by atoms with van der Waals surface area (Å²) in [6, 6.07) is 5.56. The van der Waals surface area contributed by atoms with Crippen LogP contribution in [-0.2, 0) is 4.79 Å². The van der Waals surface area contributed by atoms with Crippen LogP contribution in [0.25, 0.3) is 0 Å². The number of primary amides is 2. The Hall–Kier alpha value is -2.08. The number of nitrogens with two attached hydrogens (primary N) is 2. The van der Waals surface area contributed by atoms with Crippen LogP contribution in [0.2, 0.25) is 0 Å². The molecular formula is C14H20N4O2. The molecule has 1 aliphatic rings. The van der Waals surface area contributed by atoms with Gasteiger partial charge in [-0.25, -0.2) is 0 Å². The molecule has 1 saturated heterocycles. The summed E-state index contributed by atoms with van der Waals surface area (Å²) >= 11 is 0. The van der Waals surface area contributed by atoms with Crippen LogP contribution >= 0.6 is 0 Å². The Morgan fingerprint density at radius 3 is 2.35 bits per heavy atom. The summed E-state index contributed by atoms with van der Waals surface area (Å²) in [7, 11) is 0. The Bertz CT molecular complexity index is 522. The van der Waals surface area contributed by atoms with Crippen molar-refractivity contribution in [3.63, 3.8) is 0 Å². The van der Waals surface area contributed by atoms with Gasteiger partial charge in [0.25, 0.3) is 5.91 Å². The number of aryl methyl sites for hydroxylation is 1. The standard InChI is InChI=1S/C14H20N4O2/c1-10-3-2-4-11(14(16)20)13(10)18-7-5-17(6-8-18)9-12(15)19/h2-4H,5-9H2,1H3,(H2,15,19)(H2,16,20). The minimum Gasteiger partial charge on any atom is -0.369 e. The van der Waals surface area contributed by atoms with Gasteiger partial charge in [-0.3, -0.25) is 14.5 Å². The van der Waals surface area contributed by atoms with Gasteiger partial charge in [-0.1, -0.05) is 12.1 Å². The number of benzene rings is 1. The minimum absolute atomic E-state index is 0.282. The Labute approximate surface area is 118 Å². The van der Waals surface area contributed by atoms with E-state index < -0.39 is 5.91 Å². The SMILES string of the molecule is Cc1cccc(C(N)=O)c1N1CCN(CC(N)=O)CC1. The van der Waals surface area contributed by atoms with Gasteiger partial charge in [-0.15, -0.1) is 0 Å². The lowest BCUT2D eigenvalue weighted by Crippen LogP contribution is -2.49. The second kappa shape index (κ2) is 5.92. The highest BCUT2D eigenvalue weighted by atomic mass is 16.1. The van der Waals surface area contributed by atoms with Crippen molar-refractivity contribution in [2.45, 2.75) is 6.92 Å². The van der Waals surface area contributed by atoms with E-state index in [1.807, 2.05) is 24.0 Å². The molecule has 1 fully saturated rings. The molecule has 4 N–H and O–H groups in total. The minimum atomic E-state index is -0.414. The first kappa shape index (κ1) is 14.3. The highest BCUT2D eigenvalue weighted by molar-refractivity contribution is 5.99. The number of hydrogen-bond acceptors (Lipinski definition) is 4. The van der Waals surface area contributed by atoms with Crippen LogP contribution in [0.4, 0.5) is 5.69 Å². The van der Waals surface area contributed by atoms with Crippen molar-refractivity contribution in [1.29, 1.82) is 0 Å². The number of hydrogen-bond donors (Lipinski definition) is 2. The highest BCUT2D eigenvalue weighted by Crippen LogP contribution is 2.26. The molecule has 1 heterocycles. The zero-order valence-corrected chi connectivity index (χ0v) is 11.6. The molecule has 1 aromatic rings. The molecule has 1 aromatic carbocycles. The maximum atomic E-state index is 11.6. The van der Waals surface area contributed by atoms with E-state index in [1.54, 1.807) is 6.07 Å². The molecule has 6 nitrogen and oxygen atoms in total. The average molecular weight is 276 g/mol. The third kappa shape index (κ3) is 3.08. The van der Waals surface area contributed by atoms with Crippen molar-refractivity contribution in [2.75, 3.05) is 37.6 Å². The van der Waals surface area contributed by atoms with Crippen molar-refractivity contribution in [1.82, 2.24) is 4.90 Å². The van der Waals surface area contributed by atoms with Crippen molar-refractivity contribution in [3.05, 3.63) is 29.3 Å². The van der Waals surface area contributed by atoms with Gasteiger partial charge < -0.3 is 16.4 Å². The summed E-state index contributed by atoms with van der Waals surface area (Å²) in [5.74, 6) is -0.726. The van der Waals surface area contributed by atoms with Crippen LogP contribution in [0.3, 0.4) is 0 Å². The van der Waals surface area contributed by atoms with Gasteiger partial charge in [0.15, 0.2) is 0 Å². The molecule has 2 amide bonds. The molecule has 0 bridgehead atoms. The molecular weight excluding hydrogens is 256 g/mol. The lowest BCUT2D eigenvalue weighted by Gasteiger charge is -2.37. The smallest absolute Gasteiger partial charge is 0.250 e. The highest BCUT2D eigenvalue weighted by Gasteiger charge is 2.22. The molecule has 1 aliphatic heterocycles. The van der Waals surface area contributed by atoms with E-state index >= 15 is 0 Å². The molecule has 20 heavy (non-hydrogen) atoms. The van der Waals surface area contributed by atoms with Crippen LogP contribution < -0.4 is 16.4 Å². The largest absolute Gasteiger partial charge is 0.369 e. The maximum absolute atomic E-state index is 11.6. The van der Waals surface area contributed by atoms with E-state index in [1.165, 1.54) is 0 Å². The first-order chi connectivity index (χ1) is 9.49. The monoisotopic (exact) mass is 276 g/mol. The van der Waals surface area contributed by atoms with Gasteiger partial charge in [-0.2, -0.15) is 0 Å². The second-order valence-electron chi connectivity index (χ2n) is 5.06. The van der Waals surface area contributed by atoms with Crippen molar-refractivity contribution in [2.24, 2.45) is 11.5 Å². The molecule has 0 radical (unpaired) electrons. The number of carbonyl (C=O) groups is 2. The number of piperazine rings is 1. The summed E-state index contributed by atoms with van der Waals surface area (Å²) in [6.07, 6.45) is 0. The van der Waals surface area contributed by atoms with E-state index in [9.17, 15) is 9.59 Å². The number of anilines is 1. The fourth-order valence-electron chi connectivity index (χ4n) is 2.63. The first-order valence-electron chi connectivity index (χ1n) is 6.64. The van der Waals surface area contributed by atoms with Gasteiger partial charge in [0.1, 0.15) is 0 Å². The Morgan fingerprint density at radius 2 is 1.80 bits per heavy atom. The second-order valence-corrected chi connectivity index (χ2v) is 5.06. The fourth-order valence-corrected chi connectivity index (χ4v) is 2.63. The van der Waals surface area contributed by atoms with Crippen molar-refractivity contribution < 1.29 is 9.59 Å². The van der Waals surface area contributed by atoms with Gasteiger partial charge in [0.05, 0.1) is 17.8 Å². The van der Waals surface area contributed by atoms with E-state index in [-0.39, 0.29) is 12.5 Å². The van der Waals surface area contributed by atoms with E-state index in [0.717, 1.165) is 37.4 Å². The van der Waals surface area contributed by atoms with Gasteiger partial charge >= 0.3 is 0 Å². The van der Waals surface area contributed by atoms with E-state index in [4.69, 9.17) is 11.5 Å². The molecule has 0 saturated carbocycles. The number of rotatable bonds is 4. The summed E-state index contributed by atoms with van der Waals surface area (Å²) < 4.78 is 0. The summed E-state index contributed by atoms with van der Waals surface area (Å²) in [6.45, 7) is 5.24. The lowest BCUT2D eigenvalue weighted by atomic mass is 10.1. The average Bonchev–Trinajstić information content (AvgIpc) is 2.39. The molecule has 108 valence electrons. The molecule has 6 heteroatoms. The molecule has 0 aromatic heterocycles. The zero-order chi connectivity index (χ0) is 14.7. The van der Waals surface area contributed by atoms with E-state index in [0.29, 0.717) is 5.56 Å². The summed E-state index contributed by atoms with van der Waals surface area (Å²) in [4.78, 5) is 26.6. The van der Waals surface area contributed by atoms with Crippen LogP contribution in [0, 0.1) is 6.92 Å². The molecule has 0 aliphatic carbocycles. The Balaban J connectivity index is 2.14. The van der Waals surface area contributed by atoms with Crippen molar-refractivity contribution in [3.8, 4) is 0 Å². The topological polar surface area (TPSA) is 92.7 Å². The zero-order valence-electron chi connectivity index (χ0n) is 11.6. The number of carbonyl (C=O) groups excluding carboxylic acids is 2. The van der Waals surface area contributed by atoms with E-state index in [2.05, 4.69) is 4.90 Å². The van der Waals surface area contributed by atoms with Gasteiger partial charge in [-0.05, 0) is 18.6 Å². The molecule has 2 rings (SSSR count). The van der Waals surface area contributed by atoms with Crippen LogP contribution in [0.5, 0.6) is 0 Å². The van der Waals surface area contributed by atoms with Crippen molar-refractivity contribution >= 4 is 17.5 Å². The predicted octanol–water partition coefficient (Wildman–Crippen LogP) is -0.299. The normalized spacial score (nSPS) is 16.1. The number of amides is 2. The third-order valence-electron chi connectivity index (χ3n) is 3.57. The first-order valence-corrected chi connectivity index (χ1v) is 6.64. The van der Waals surface area contributed by atoms with Crippen LogP contribution in [0.1, 0.15) is 15.9 Å². The number of nitrogens with zero attached hydrogens (tertiary/aromatic N) is 2. The van der Waals surface area contributed by atoms with Crippen LogP contribution in [-0.4, -0.2) is 49.4 Å². The molecule has 0 atom stereocenters. The molecule has 0 spiro atoms. The fraction of sp³-hybridized carbons (Fsp3) is 0.429. The maximum Gasteiger partial charge on any atom is 0.250 e. The summed E-state index contributed by atoms with van der Waals surface area (Å²) in [5.41, 5.74) is 13.1. The Morgan fingerprint density at radius 1 is 1.15 bits per heavy atom. The van der Waals surface area contributed by atoms with Gasteiger partial charge in [0, 0.05) is 26.2 Å². The Kier molecular flexibility index (Phi) is 4.24. The quantitative estimate of drug-likeness (QED) is 0.789. The molecule has 0 unspecified atom stereocenters. The summed E-state index contributed by atoms with van der Waals surface area (Å²) in [5, 5.41) is 0. The number of para-hydroxylation sites is 1. The third-order valence-corrected chi connectivity index (χ3v) is 3.57. The predicted molar refractivity (Wildman–Crippen MR) is 77.5 cm³/mol. The lowest BCUT2D eigenvalue weighted by molar-refractivity contribution is -0.119. The van der Waals surface area contributed by atoms with Crippen LogP contribution in [0.15, 0.2) is 18.2 Å². The van der Waals surface area contributed by atoms with Gasteiger partial charge in [0.2, 0.25) is 5.91 Å².